The summed E-state index contributed by atoms with van der Waals surface area (Å²) in [7, 11) is 0. The number of nitro benzene ring substituents is 2. The van der Waals surface area contributed by atoms with Crippen LogP contribution in [0.5, 0.6) is 0 Å². The molecule has 17 heteroatoms. The molecule has 14 nitrogen and oxygen atoms in total. The van der Waals surface area contributed by atoms with Gasteiger partial charge < -0.3 is 10.6 Å². The third-order valence-corrected chi connectivity index (χ3v) is 8.08. The summed E-state index contributed by atoms with van der Waals surface area (Å²) in [6.45, 7) is 8.81. The molecule has 4 aromatic carbocycles. The summed E-state index contributed by atoms with van der Waals surface area (Å²) in [5.74, 6) is -1.03. The van der Waals surface area contributed by atoms with Crippen molar-refractivity contribution in [2.45, 2.75) is 40.8 Å². The smallest absolute Gasteiger partial charge is 0.322 e. The highest BCUT2D eigenvalue weighted by molar-refractivity contribution is 6.05. The van der Waals surface area contributed by atoms with Crippen LogP contribution >= 0.6 is 0 Å². The lowest BCUT2D eigenvalue weighted by atomic mass is 10.1. The Bertz CT molecular complexity index is 2420. The van der Waals surface area contributed by atoms with Crippen LogP contribution < -0.4 is 10.6 Å². The van der Waals surface area contributed by atoms with Gasteiger partial charge in [-0.25, -0.2) is 9.36 Å². The van der Waals surface area contributed by atoms with E-state index < -0.39 is 39.2 Å². The molecule has 0 saturated carbocycles. The zero-order chi connectivity index (χ0) is 40.2. The first-order valence-corrected chi connectivity index (χ1v) is 16.4. The third kappa shape index (κ3) is 9.26. The summed E-state index contributed by atoms with van der Waals surface area (Å²) < 4.78 is 41.8. The van der Waals surface area contributed by atoms with Crippen LogP contribution in [0.3, 0.4) is 0 Å². The monoisotopic (exact) mass is 754 g/mol. The molecule has 282 valence electrons. The lowest BCUT2D eigenvalue weighted by molar-refractivity contribution is -0.384. The topological polar surface area (TPSA) is 180 Å². The molecular formula is C38H33F3N8O6. The van der Waals surface area contributed by atoms with Crippen LogP contribution in [-0.2, 0) is 6.18 Å². The van der Waals surface area contributed by atoms with E-state index in [1.165, 1.54) is 23.7 Å². The van der Waals surface area contributed by atoms with Crippen molar-refractivity contribution >= 4 is 34.6 Å². The van der Waals surface area contributed by atoms with E-state index in [1.807, 2.05) is 45.9 Å². The molecule has 0 radical (unpaired) electrons. The lowest BCUT2D eigenvalue weighted by Crippen LogP contribution is -2.16. The fraction of sp³-hybridized carbons (Fsp3) is 0.158. The molecule has 2 N–H and O–H groups in total. The molecule has 0 aliphatic rings. The van der Waals surface area contributed by atoms with Crippen molar-refractivity contribution in [3.63, 3.8) is 0 Å². The summed E-state index contributed by atoms with van der Waals surface area (Å²) in [4.78, 5) is 46.5. The molecular weight excluding hydrogens is 721 g/mol. The third-order valence-electron chi connectivity index (χ3n) is 8.08. The van der Waals surface area contributed by atoms with Crippen LogP contribution in [0.2, 0.25) is 0 Å². The first kappa shape index (κ1) is 39.0. The van der Waals surface area contributed by atoms with Gasteiger partial charge in [0.15, 0.2) is 0 Å². The molecule has 0 spiro atoms. The number of aryl methyl sites for hydroxylation is 5. The number of nitrogens with zero attached hydrogens (tertiary/aromatic N) is 6. The predicted molar refractivity (Wildman–Crippen MR) is 198 cm³/mol. The van der Waals surface area contributed by atoms with Crippen molar-refractivity contribution in [2.24, 2.45) is 0 Å². The Hall–Kier alpha value is -7.17. The maximum atomic E-state index is 13.3. The van der Waals surface area contributed by atoms with E-state index in [4.69, 9.17) is 0 Å². The second-order valence-corrected chi connectivity index (χ2v) is 12.5. The molecule has 2 heterocycles. The zero-order valence-corrected chi connectivity index (χ0v) is 30.0. The lowest BCUT2D eigenvalue weighted by Gasteiger charge is -2.11. The number of anilines is 2. The molecule has 0 atom stereocenters. The summed E-state index contributed by atoms with van der Waals surface area (Å²) in [6, 6.07) is 24.4. The number of halogens is 3. The number of carbonyl (C=O) groups excluding carboxylic acids is 2. The van der Waals surface area contributed by atoms with E-state index in [-0.39, 0.29) is 28.2 Å². The van der Waals surface area contributed by atoms with E-state index in [2.05, 4.69) is 20.8 Å². The maximum absolute atomic E-state index is 13.3. The largest absolute Gasteiger partial charge is 0.433 e. The molecule has 0 fully saturated rings. The molecule has 55 heavy (non-hydrogen) atoms. The predicted octanol–water partition coefficient (Wildman–Crippen LogP) is 8.63. The molecule has 2 aromatic heterocycles. The van der Waals surface area contributed by atoms with Gasteiger partial charge in [-0.3, -0.25) is 29.8 Å². The van der Waals surface area contributed by atoms with Gasteiger partial charge in [0.2, 0.25) is 0 Å². The van der Waals surface area contributed by atoms with Gasteiger partial charge in [0.05, 0.1) is 21.2 Å². The van der Waals surface area contributed by atoms with Crippen molar-refractivity contribution in [1.82, 2.24) is 19.6 Å². The van der Waals surface area contributed by atoms with E-state index in [1.54, 1.807) is 48.5 Å². The van der Waals surface area contributed by atoms with Crippen molar-refractivity contribution in [1.29, 1.82) is 0 Å². The number of aromatic nitrogens is 4. The van der Waals surface area contributed by atoms with Crippen LogP contribution in [0.15, 0.2) is 97.1 Å². The van der Waals surface area contributed by atoms with Crippen LogP contribution in [0.1, 0.15) is 54.6 Å². The number of nitro groups is 2. The van der Waals surface area contributed by atoms with Gasteiger partial charge in [-0.1, -0.05) is 35.4 Å². The number of amides is 2. The van der Waals surface area contributed by atoms with Gasteiger partial charge in [-0.2, -0.15) is 23.4 Å². The van der Waals surface area contributed by atoms with Gasteiger partial charge in [0, 0.05) is 40.3 Å². The van der Waals surface area contributed by atoms with Gasteiger partial charge in [0.1, 0.15) is 17.1 Å². The molecule has 2 amide bonds. The molecule has 0 aliphatic carbocycles. The minimum atomic E-state index is -4.75. The first-order valence-electron chi connectivity index (χ1n) is 16.4. The van der Waals surface area contributed by atoms with Crippen LogP contribution in [-0.4, -0.2) is 41.2 Å². The average Bonchev–Trinajstić information content (AvgIpc) is 3.70. The maximum Gasteiger partial charge on any atom is 0.433 e. The molecule has 6 rings (SSSR count). The molecule has 0 saturated heterocycles. The summed E-state index contributed by atoms with van der Waals surface area (Å²) in [5.41, 5.74) is 2.85. The molecule has 6 aromatic rings. The minimum Gasteiger partial charge on any atom is -0.322 e. The quantitative estimate of drug-likeness (QED) is 0.114. The minimum absolute atomic E-state index is 0.0489. The number of nitrogens with one attached hydrogen (secondary N) is 2. The van der Waals surface area contributed by atoms with Gasteiger partial charge in [-0.05, 0) is 95.3 Å². The normalized spacial score (nSPS) is 11.0. The van der Waals surface area contributed by atoms with E-state index in [0.717, 1.165) is 40.7 Å². The van der Waals surface area contributed by atoms with Crippen LogP contribution in [0, 0.1) is 54.8 Å². The molecule has 0 unspecified atom stereocenters. The Labute approximate surface area is 311 Å². The Morgan fingerprint density at radius 3 is 1.38 bits per heavy atom. The summed E-state index contributed by atoms with van der Waals surface area (Å²) >= 11 is 0. The van der Waals surface area contributed by atoms with Crippen molar-refractivity contribution < 1.29 is 32.6 Å². The van der Waals surface area contributed by atoms with E-state index in [9.17, 15) is 43.0 Å². The number of hydrogen-bond acceptors (Lipinski definition) is 8. The van der Waals surface area contributed by atoms with Crippen LogP contribution in [0.25, 0.3) is 11.4 Å². The van der Waals surface area contributed by atoms with Gasteiger partial charge in [0.25, 0.3) is 23.2 Å². The van der Waals surface area contributed by atoms with E-state index in [0.29, 0.717) is 21.7 Å². The summed E-state index contributed by atoms with van der Waals surface area (Å²) in [6.07, 6.45) is -4.75. The molecule has 0 aliphatic heterocycles. The van der Waals surface area contributed by atoms with Crippen molar-refractivity contribution in [3.8, 4) is 11.4 Å². The fourth-order valence-electron chi connectivity index (χ4n) is 5.42. The highest BCUT2D eigenvalue weighted by Crippen LogP contribution is 2.34. The Morgan fingerprint density at radius 1 is 0.600 bits per heavy atom. The Morgan fingerprint density at radius 2 is 1.00 bits per heavy atom. The van der Waals surface area contributed by atoms with E-state index >= 15 is 0 Å². The number of carbonyl (C=O) groups is 2. The number of alkyl halides is 3. The number of benzene rings is 4. The van der Waals surface area contributed by atoms with Crippen molar-refractivity contribution in [3.05, 3.63) is 162 Å². The zero-order valence-electron chi connectivity index (χ0n) is 30.0. The SMILES string of the molecule is Cc1ccc(NC(=O)c2ccc(-n3nc(C)cc3C(F)(F)F)c([N+](=O)[O-])c2)cc1.Cc1ccc(NC(=O)c2ccc(-n3nc(C)cc3C)c([N+](=O)[O-])c2)cc1. The molecule has 0 bridgehead atoms. The highest BCUT2D eigenvalue weighted by atomic mass is 19.4. The number of rotatable bonds is 8. The second-order valence-electron chi connectivity index (χ2n) is 12.5. The highest BCUT2D eigenvalue weighted by Gasteiger charge is 2.37. The van der Waals surface area contributed by atoms with Crippen LogP contribution in [0.4, 0.5) is 35.9 Å². The standard InChI is InChI=1S/C19H15F3N4O3.C19H18N4O3/c1-11-3-6-14(7-4-11)23-18(27)13-5-8-15(16(10-13)26(28)29)25-17(19(20,21)22)9-12(2)24-25;1-12-4-7-16(8-5-12)20-19(24)15-6-9-17(18(11-15)23(25)26)22-14(3)10-13(2)21-22/h3-10H,1-2H3,(H,23,27);4-11H,1-3H3,(H,20,24). The van der Waals surface area contributed by atoms with Gasteiger partial charge in [-0.15, -0.1) is 0 Å². The average molecular weight is 755 g/mol. The second kappa shape index (κ2) is 15.8. The first-order chi connectivity index (χ1) is 25.9. The number of hydrogen-bond donors (Lipinski definition) is 2. The fourth-order valence-corrected chi connectivity index (χ4v) is 5.42. The summed E-state index contributed by atoms with van der Waals surface area (Å²) in [5, 5.41) is 36.3. The Kier molecular flexibility index (Phi) is 11.2. The Balaban J connectivity index is 0.000000212. The van der Waals surface area contributed by atoms with Crippen molar-refractivity contribution in [2.75, 3.05) is 10.6 Å². The van der Waals surface area contributed by atoms with Gasteiger partial charge >= 0.3 is 6.18 Å².